The van der Waals surface area contributed by atoms with Crippen LogP contribution >= 0.6 is 0 Å². The number of hydrogen-bond donors (Lipinski definition) is 2. The summed E-state index contributed by atoms with van der Waals surface area (Å²) in [5.74, 6) is 0. The highest BCUT2D eigenvalue weighted by Gasteiger charge is 2.20. The molecule has 1 atom stereocenters. The molecular weight excluding hydrogens is 280 g/mol. The van der Waals surface area contributed by atoms with Gasteiger partial charge in [0.05, 0.1) is 11.9 Å². The summed E-state index contributed by atoms with van der Waals surface area (Å²) in [4.78, 5) is 14.3. The van der Waals surface area contributed by atoms with Crippen LogP contribution in [0.1, 0.15) is 18.9 Å². The zero-order chi connectivity index (χ0) is 15.9. The number of rotatable bonds is 6. The molecule has 1 unspecified atom stereocenters. The zero-order valence-corrected chi connectivity index (χ0v) is 12.9. The van der Waals surface area contributed by atoms with Crippen LogP contribution in [-0.2, 0) is 13.6 Å². The van der Waals surface area contributed by atoms with E-state index in [1.807, 2.05) is 37.3 Å². The quantitative estimate of drug-likeness (QED) is 0.859. The normalized spacial score (nSPS) is 12.0. The number of amides is 2. The second-order valence-electron chi connectivity index (χ2n) is 5.31. The first-order valence-electron chi connectivity index (χ1n) is 7.31. The van der Waals surface area contributed by atoms with Gasteiger partial charge in [-0.3, -0.25) is 4.68 Å². The molecule has 0 saturated carbocycles. The highest BCUT2D eigenvalue weighted by atomic mass is 16.3. The van der Waals surface area contributed by atoms with Gasteiger partial charge in [0.15, 0.2) is 0 Å². The molecule has 0 aliphatic heterocycles. The minimum Gasteiger partial charge on any atom is -0.396 e. The fraction of sp³-hybridized carbons (Fsp3) is 0.375. The lowest BCUT2D eigenvalue weighted by atomic mass is 10.1. The molecule has 6 heteroatoms. The number of aryl methyl sites for hydroxylation is 1. The second-order valence-corrected chi connectivity index (χ2v) is 5.31. The van der Waals surface area contributed by atoms with Gasteiger partial charge in [0.1, 0.15) is 0 Å². The molecule has 0 radical (unpaired) electrons. The van der Waals surface area contributed by atoms with Crippen molar-refractivity contribution in [2.24, 2.45) is 7.05 Å². The smallest absolute Gasteiger partial charge is 0.322 e. The lowest BCUT2D eigenvalue weighted by Gasteiger charge is -2.29. The van der Waals surface area contributed by atoms with E-state index in [4.69, 9.17) is 5.11 Å². The third kappa shape index (κ3) is 4.33. The molecule has 2 amide bonds. The van der Waals surface area contributed by atoms with E-state index >= 15 is 0 Å². The van der Waals surface area contributed by atoms with Crippen LogP contribution in [-0.4, -0.2) is 38.5 Å². The molecule has 2 aromatic rings. The van der Waals surface area contributed by atoms with Crippen molar-refractivity contribution in [3.8, 4) is 0 Å². The molecule has 2 rings (SSSR count). The molecule has 1 aromatic carbocycles. The Morgan fingerprint density at radius 3 is 2.73 bits per heavy atom. The van der Waals surface area contributed by atoms with Gasteiger partial charge in [-0.2, -0.15) is 5.10 Å². The fourth-order valence-corrected chi connectivity index (χ4v) is 2.23. The maximum Gasteiger partial charge on any atom is 0.322 e. The average molecular weight is 302 g/mol. The van der Waals surface area contributed by atoms with E-state index in [9.17, 15) is 4.79 Å². The van der Waals surface area contributed by atoms with Crippen LogP contribution in [0.25, 0.3) is 0 Å². The van der Waals surface area contributed by atoms with Gasteiger partial charge in [-0.1, -0.05) is 30.3 Å². The van der Waals surface area contributed by atoms with Crippen LogP contribution in [0.2, 0.25) is 0 Å². The molecule has 1 aromatic heterocycles. The number of carbonyl (C=O) groups is 1. The Hall–Kier alpha value is -2.34. The molecule has 0 spiro atoms. The van der Waals surface area contributed by atoms with Crippen LogP contribution in [0, 0.1) is 0 Å². The number of anilines is 1. The van der Waals surface area contributed by atoms with E-state index in [1.165, 1.54) is 0 Å². The van der Waals surface area contributed by atoms with E-state index in [0.717, 1.165) is 5.56 Å². The van der Waals surface area contributed by atoms with Gasteiger partial charge in [-0.25, -0.2) is 4.79 Å². The van der Waals surface area contributed by atoms with Crippen LogP contribution in [0.5, 0.6) is 0 Å². The summed E-state index contributed by atoms with van der Waals surface area (Å²) in [6.07, 6.45) is 3.89. The Kier molecular flexibility index (Phi) is 5.55. The van der Waals surface area contributed by atoms with Gasteiger partial charge in [0, 0.05) is 32.4 Å². The SMILES string of the molecule is CC(CCO)N(Cc1ccccc1)C(=O)Nc1cnn(C)c1. The Morgan fingerprint density at radius 2 is 2.14 bits per heavy atom. The van der Waals surface area contributed by atoms with Crippen LogP contribution in [0.4, 0.5) is 10.5 Å². The molecule has 2 N–H and O–H groups in total. The van der Waals surface area contributed by atoms with Gasteiger partial charge < -0.3 is 15.3 Å². The zero-order valence-electron chi connectivity index (χ0n) is 12.9. The van der Waals surface area contributed by atoms with Crippen molar-refractivity contribution in [2.75, 3.05) is 11.9 Å². The van der Waals surface area contributed by atoms with Crippen molar-refractivity contribution >= 4 is 11.7 Å². The van der Waals surface area contributed by atoms with Crippen molar-refractivity contribution in [3.05, 3.63) is 48.3 Å². The molecular formula is C16H22N4O2. The standard InChI is InChI=1S/C16H22N4O2/c1-13(8-9-21)20(11-14-6-4-3-5-7-14)16(22)18-15-10-17-19(2)12-15/h3-7,10,12-13,21H,8-9,11H2,1-2H3,(H,18,22). The largest absolute Gasteiger partial charge is 0.396 e. The van der Waals surface area contributed by atoms with Gasteiger partial charge >= 0.3 is 6.03 Å². The van der Waals surface area contributed by atoms with Crippen LogP contribution < -0.4 is 5.32 Å². The maximum atomic E-state index is 12.5. The number of aliphatic hydroxyl groups is 1. The monoisotopic (exact) mass is 302 g/mol. The first-order valence-corrected chi connectivity index (χ1v) is 7.31. The lowest BCUT2D eigenvalue weighted by Crippen LogP contribution is -2.41. The molecule has 0 fully saturated rings. The van der Waals surface area contributed by atoms with E-state index < -0.39 is 0 Å². The lowest BCUT2D eigenvalue weighted by molar-refractivity contribution is 0.169. The van der Waals surface area contributed by atoms with Gasteiger partial charge in [0.25, 0.3) is 0 Å². The highest BCUT2D eigenvalue weighted by molar-refractivity contribution is 5.89. The van der Waals surface area contributed by atoms with Crippen LogP contribution in [0.3, 0.4) is 0 Å². The third-order valence-electron chi connectivity index (χ3n) is 3.49. The number of benzene rings is 1. The number of urea groups is 1. The number of nitrogens with zero attached hydrogens (tertiary/aromatic N) is 3. The van der Waals surface area contributed by atoms with E-state index in [-0.39, 0.29) is 18.7 Å². The minimum absolute atomic E-state index is 0.0482. The Balaban J connectivity index is 2.10. The number of aliphatic hydroxyl groups excluding tert-OH is 1. The van der Waals surface area contributed by atoms with Crippen molar-refractivity contribution < 1.29 is 9.90 Å². The predicted molar refractivity (Wildman–Crippen MR) is 85.4 cm³/mol. The topological polar surface area (TPSA) is 70.4 Å². The summed E-state index contributed by atoms with van der Waals surface area (Å²) < 4.78 is 1.63. The second kappa shape index (κ2) is 7.61. The number of aromatic nitrogens is 2. The number of nitrogens with one attached hydrogen (secondary N) is 1. The van der Waals surface area contributed by atoms with Crippen LogP contribution in [0.15, 0.2) is 42.7 Å². The van der Waals surface area contributed by atoms with Gasteiger partial charge in [0.2, 0.25) is 0 Å². The molecule has 0 saturated heterocycles. The minimum atomic E-state index is -0.196. The molecule has 0 aliphatic rings. The van der Waals surface area contributed by atoms with Crippen molar-refractivity contribution in [1.82, 2.24) is 14.7 Å². The molecule has 22 heavy (non-hydrogen) atoms. The Bertz CT molecular complexity index is 597. The first kappa shape index (κ1) is 16.0. The number of hydrogen-bond acceptors (Lipinski definition) is 3. The van der Waals surface area contributed by atoms with Gasteiger partial charge in [-0.05, 0) is 18.9 Å². The van der Waals surface area contributed by atoms with Crippen molar-refractivity contribution in [1.29, 1.82) is 0 Å². The summed E-state index contributed by atoms with van der Waals surface area (Å²) in [6.45, 7) is 2.47. The highest BCUT2D eigenvalue weighted by Crippen LogP contribution is 2.14. The number of carbonyl (C=O) groups excluding carboxylic acids is 1. The summed E-state index contributed by atoms with van der Waals surface area (Å²) in [5.41, 5.74) is 1.70. The first-order chi connectivity index (χ1) is 10.6. The molecule has 1 heterocycles. The Labute approximate surface area is 130 Å². The Morgan fingerprint density at radius 1 is 1.41 bits per heavy atom. The molecule has 6 nitrogen and oxygen atoms in total. The van der Waals surface area contributed by atoms with E-state index in [2.05, 4.69) is 10.4 Å². The summed E-state index contributed by atoms with van der Waals surface area (Å²) in [5, 5.41) is 16.0. The van der Waals surface area contributed by atoms with E-state index in [1.54, 1.807) is 29.0 Å². The third-order valence-corrected chi connectivity index (χ3v) is 3.49. The summed E-state index contributed by atoms with van der Waals surface area (Å²) in [6, 6.07) is 9.54. The predicted octanol–water partition coefficient (Wildman–Crippen LogP) is 2.23. The fourth-order valence-electron chi connectivity index (χ4n) is 2.23. The van der Waals surface area contributed by atoms with Gasteiger partial charge in [-0.15, -0.1) is 0 Å². The van der Waals surface area contributed by atoms with E-state index in [0.29, 0.717) is 18.7 Å². The molecule has 118 valence electrons. The summed E-state index contributed by atoms with van der Waals surface area (Å²) >= 11 is 0. The van der Waals surface area contributed by atoms with Crippen molar-refractivity contribution in [3.63, 3.8) is 0 Å². The molecule has 0 aliphatic carbocycles. The van der Waals surface area contributed by atoms with Crippen molar-refractivity contribution in [2.45, 2.75) is 25.9 Å². The average Bonchev–Trinajstić information content (AvgIpc) is 2.91. The molecule has 0 bridgehead atoms. The maximum absolute atomic E-state index is 12.5. The summed E-state index contributed by atoms with van der Waals surface area (Å²) in [7, 11) is 1.80.